The Morgan fingerprint density at radius 1 is 1.40 bits per heavy atom. The minimum absolute atomic E-state index is 0.0394. The van der Waals surface area contributed by atoms with Crippen molar-refractivity contribution in [2.24, 2.45) is 0 Å². The number of rotatable bonds is 5. The van der Waals surface area contributed by atoms with Crippen molar-refractivity contribution in [3.05, 3.63) is 40.6 Å². The Balaban J connectivity index is 1.60. The summed E-state index contributed by atoms with van der Waals surface area (Å²) >= 11 is 12.7. The van der Waals surface area contributed by atoms with E-state index in [1.807, 2.05) is 30.3 Å². The van der Waals surface area contributed by atoms with Gasteiger partial charge in [0.05, 0.1) is 27.9 Å². The van der Waals surface area contributed by atoms with Gasteiger partial charge in [-0.3, -0.25) is 9.89 Å². The molecule has 7 nitrogen and oxygen atoms in total. The molecule has 0 saturated carbocycles. The molecule has 1 fully saturated rings. The Morgan fingerprint density at radius 2 is 2.23 bits per heavy atom. The van der Waals surface area contributed by atoms with Crippen molar-refractivity contribution in [1.29, 1.82) is 0 Å². The van der Waals surface area contributed by atoms with Gasteiger partial charge in [-0.2, -0.15) is 5.10 Å². The summed E-state index contributed by atoms with van der Waals surface area (Å²) < 4.78 is 0. The van der Waals surface area contributed by atoms with Gasteiger partial charge in [0, 0.05) is 50.2 Å². The smallest absolute Gasteiger partial charge is 0.224 e. The minimum atomic E-state index is -0.424. The van der Waals surface area contributed by atoms with E-state index in [0.29, 0.717) is 47.4 Å². The van der Waals surface area contributed by atoms with E-state index >= 15 is 0 Å². The maximum absolute atomic E-state index is 12.6. The number of nitrogens with zero attached hydrogens (tertiary/aromatic N) is 4. The highest BCUT2D eigenvalue weighted by atomic mass is 35.5. The van der Waals surface area contributed by atoms with Crippen molar-refractivity contribution >= 4 is 45.8 Å². The minimum Gasteiger partial charge on any atom is -0.391 e. The summed E-state index contributed by atoms with van der Waals surface area (Å²) in [5.41, 5.74) is 2.45. The van der Waals surface area contributed by atoms with Crippen molar-refractivity contribution < 1.29 is 9.90 Å². The van der Waals surface area contributed by atoms with E-state index < -0.39 is 6.10 Å². The van der Waals surface area contributed by atoms with Crippen molar-refractivity contribution in [1.82, 2.24) is 20.1 Å². The maximum Gasteiger partial charge on any atom is 0.224 e. The zero-order valence-electron chi connectivity index (χ0n) is 16.6. The SMILES string of the molecule is CN(CCC(=O)N1CCCC(O)C1)c1cc(-c2cn[nH]c2)c2ccc(Cl)c(Cl)c2n1. The average molecular weight is 448 g/mol. The molecular formula is C21H23Cl2N5O2. The first-order valence-corrected chi connectivity index (χ1v) is 10.6. The lowest BCUT2D eigenvalue weighted by atomic mass is 10.0. The third-order valence-corrected chi connectivity index (χ3v) is 6.26. The number of carbonyl (C=O) groups is 1. The van der Waals surface area contributed by atoms with Crippen LogP contribution in [0.3, 0.4) is 0 Å². The van der Waals surface area contributed by atoms with Gasteiger partial charge < -0.3 is 14.9 Å². The molecule has 9 heteroatoms. The number of carbonyl (C=O) groups excluding carboxylic acids is 1. The van der Waals surface area contributed by atoms with E-state index in [-0.39, 0.29) is 5.91 Å². The molecule has 2 aromatic heterocycles. The molecule has 1 amide bonds. The molecular weight excluding hydrogens is 425 g/mol. The number of nitrogens with one attached hydrogen (secondary N) is 1. The molecule has 1 unspecified atom stereocenters. The number of aromatic amines is 1. The highest BCUT2D eigenvalue weighted by Gasteiger charge is 2.22. The van der Waals surface area contributed by atoms with Gasteiger partial charge in [0.1, 0.15) is 5.82 Å². The van der Waals surface area contributed by atoms with E-state index in [9.17, 15) is 9.90 Å². The van der Waals surface area contributed by atoms with Crippen LogP contribution in [0.2, 0.25) is 10.0 Å². The fourth-order valence-electron chi connectivity index (χ4n) is 3.77. The number of piperidine rings is 1. The molecule has 4 rings (SSSR count). The average Bonchev–Trinajstić information content (AvgIpc) is 3.28. The van der Waals surface area contributed by atoms with Crippen LogP contribution in [-0.2, 0) is 4.79 Å². The monoisotopic (exact) mass is 447 g/mol. The standard InChI is InChI=1S/C21H23Cl2N5O2/c1-27(8-6-19(30)28-7-2-3-14(29)12-28)18-9-16(13-10-24-25-11-13)15-4-5-17(22)20(23)21(15)26-18/h4-5,9-11,14,29H,2-3,6-8,12H2,1H3,(H,24,25). The number of aromatic nitrogens is 3. The van der Waals surface area contributed by atoms with Crippen LogP contribution in [0.25, 0.3) is 22.0 Å². The van der Waals surface area contributed by atoms with Crippen LogP contribution in [0, 0.1) is 0 Å². The molecule has 0 aliphatic carbocycles. The Labute approximate surface area is 184 Å². The number of aliphatic hydroxyl groups excluding tert-OH is 1. The molecule has 1 aliphatic heterocycles. The molecule has 2 N–H and O–H groups in total. The van der Waals surface area contributed by atoms with Crippen LogP contribution in [0.1, 0.15) is 19.3 Å². The molecule has 3 heterocycles. The van der Waals surface area contributed by atoms with Gasteiger partial charge >= 0.3 is 0 Å². The van der Waals surface area contributed by atoms with Crippen LogP contribution < -0.4 is 4.90 Å². The molecule has 30 heavy (non-hydrogen) atoms. The summed E-state index contributed by atoms with van der Waals surface area (Å²) in [6.45, 7) is 1.61. The number of amides is 1. The molecule has 1 aromatic carbocycles. The Kier molecular flexibility index (Phi) is 6.13. The van der Waals surface area contributed by atoms with Gasteiger partial charge in [0.25, 0.3) is 0 Å². The zero-order valence-corrected chi connectivity index (χ0v) is 18.1. The number of hydrogen-bond acceptors (Lipinski definition) is 5. The lowest BCUT2D eigenvalue weighted by Crippen LogP contribution is -2.43. The van der Waals surface area contributed by atoms with Crippen molar-refractivity contribution in [2.75, 3.05) is 31.6 Å². The molecule has 0 radical (unpaired) electrons. The van der Waals surface area contributed by atoms with Crippen molar-refractivity contribution in [2.45, 2.75) is 25.4 Å². The zero-order chi connectivity index (χ0) is 21.3. The van der Waals surface area contributed by atoms with Gasteiger partial charge in [0.15, 0.2) is 0 Å². The van der Waals surface area contributed by atoms with E-state index in [2.05, 4.69) is 10.2 Å². The van der Waals surface area contributed by atoms with E-state index in [4.69, 9.17) is 28.2 Å². The second-order valence-electron chi connectivity index (χ2n) is 7.58. The lowest BCUT2D eigenvalue weighted by molar-refractivity contribution is -0.134. The van der Waals surface area contributed by atoms with Crippen LogP contribution in [0.5, 0.6) is 0 Å². The first kappa shape index (κ1) is 20.9. The Hall–Kier alpha value is -2.35. The number of β-amino-alcohol motifs (C(OH)–C–C–N with tert-alkyl or cyclic N) is 1. The predicted octanol–water partition coefficient (Wildman–Crippen LogP) is 3.74. The number of pyridine rings is 1. The quantitative estimate of drug-likeness (QED) is 0.621. The predicted molar refractivity (Wildman–Crippen MR) is 119 cm³/mol. The van der Waals surface area contributed by atoms with Crippen LogP contribution in [-0.4, -0.2) is 63.9 Å². The summed E-state index contributed by atoms with van der Waals surface area (Å²) in [6, 6.07) is 5.62. The highest BCUT2D eigenvalue weighted by Crippen LogP contribution is 2.37. The van der Waals surface area contributed by atoms with Crippen molar-refractivity contribution in [3.8, 4) is 11.1 Å². The van der Waals surface area contributed by atoms with E-state index in [1.54, 1.807) is 17.2 Å². The van der Waals surface area contributed by atoms with E-state index in [1.165, 1.54) is 0 Å². The number of fused-ring (bicyclic) bond motifs is 1. The van der Waals surface area contributed by atoms with Gasteiger partial charge in [-0.05, 0) is 30.5 Å². The number of anilines is 1. The fraction of sp³-hybridized carbons (Fsp3) is 0.381. The first-order valence-electron chi connectivity index (χ1n) is 9.89. The maximum atomic E-state index is 12.6. The number of likely N-dealkylation sites (tertiary alicyclic amines) is 1. The third-order valence-electron chi connectivity index (χ3n) is 5.47. The van der Waals surface area contributed by atoms with Crippen LogP contribution in [0.4, 0.5) is 5.82 Å². The summed E-state index contributed by atoms with van der Waals surface area (Å²) in [6.07, 6.45) is 5.06. The Bertz CT molecular complexity index is 1060. The molecule has 0 bridgehead atoms. The van der Waals surface area contributed by atoms with Crippen LogP contribution in [0.15, 0.2) is 30.6 Å². The lowest BCUT2D eigenvalue weighted by Gasteiger charge is -2.30. The van der Waals surface area contributed by atoms with Gasteiger partial charge in [-0.15, -0.1) is 0 Å². The molecule has 1 aliphatic rings. The van der Waals surface area contributed by atoms with Gasteiger partial charge in [0.2, 0.25) is 5.91 Å². The Morgan fingerprint density at radius 3 is 2.97 bits per heavy atom. The summed E-state index contributed by atoms with van der Waals surface area (Å²) in [7, 11) is 1.89. The normalized spacial score (nSPS) is 16.8. The third kappa shape index (κ3) is 4.24. The number of benzene rings is 1. The number of halogens is 2. The van der Waals surface area contributed by atoms with Crippen LogP contribution >= 0.6 is 23.2 Å². The van der Waals surface area contributed by atoms with E-state index in [0.717, 1.165) is 29.4 Å². The summed E-state index contributed by atoms with van der Waals surface area (Å²) in [5, 5.41) is 18.4. The highest BCUT2D eigenvalue weighted by molar-refractivity contribution is 6.45. The summed E-state index contributed by atoms with van der Waals surface area (Å²) in [4.78, 5) is 21.0. The van der Waals surface area contributed by atoms with Gasteiger partial charge in [-0.25, -0.2) is 4.98 Å². The second-order valence-corrected chi connectivity index (χ2v) is 8.37. The summed E-state index contributed by atoms with van der Waals surface area (Å²) in [5.74, 6) is 0.729. The molecule has 0 spiro atoms. The number of hydrogen-bond donors (Lipinski definition) is 2. The molecule has 3 aromatic rings. The topological polar surface area (TPSA) is 85.4 Å². The fourth-order valence-corrected chi connectivity index (χ4v) is 4.13. The first-order chi connectivity index (χ1) is 14.4. The second kappa shape index (κ2) is 8.79. The number of aliphatic hydroxyl groups is 1. The molecule has 1 atom stereocenters. The molecule has 158 valence electrons. The van der Waals surface area contributed by atoms with Crippen molar-refractivity contribution in [3.63, 3.8) is 0 Å². The largest absolute Gasteiger partial charge is 0.391 e. The van der Waals surface area contributed by atoms with Gasteiger partial charge in [-0.1, -0.05) is 29.3 Å². The number of H-pyrrole nitrogens is 1. The molecule has 1 saturated heterocycles.